The standard InChI is InChI=1S/C36H80N6O4S2/c1-3-5-7-9-11-13-15-19-35-47(43,44)41-33-23-31-39-29-21-27-37-25-17-18-26-38-28-22-30-40-32-24-34-42-48(45,46)36-20-16-14-12-10-8-6-4-2/h37-42H,3-36H2,1-2H3. The van der Waals surface area contributed by atoms with Crippen molar-refractivity contribution in [2.24, 2.45) is 0 Å². The van der Waals surface area contributed by atoms with Crippen LogP contribution in [-0.2, 0) is 20.0 Å². The van der Waals surface area contributed by atoms with Crippen LogP contribution in [-0.4, -0.2) is 93.8 Å². The molecular formula is C36H80N6O4S2. The summed E-state index contributed by atoms with van der Waals surface area (Å²) in [5.41, 5.74) is 0. The molecule has 0 aliphatic carbocycles. The van der Waals surface area contributed by atoms with Crippen molar-refractivity contribution in [1.82, 2.24) is 30.7 Å². The summed E-state index contributed by atoms with van der Waals surface area (Å²) >= 11 is 0. The van der Waals surface area contributed by atoms with Gasteiger partial charge in [-0.1, -0.05) is 104 Å². The van der Waals surface area contributed by atoms with E-state index in [4.69, 9.17) is 0 Å². The van der Waals surface area contributed by atoms with Gasteiger partial charge in [0, 0.05) is 13.1 Å². The highest BCUT2D eigenvalue weighted by Gasteiger charge is 2.09. The van der Waals surface area contributed by atoms with E-state index in [0.29, 0.717) is 13.1 Å². The van der Waals surface area contributed by atoms with Crippen LogP contribution >= 0.6 is 0 Å². The van der Waals surface area contributed by atoms with E-state index in [1.54, 1.807) is 0 Å². The fourth-order valence-corrected chi connectivity index (χ4v) is 7.92. The fraction of sp³-hybridized carbons (Fsp3) is 1.00. The Morgan fingerprint density at radius 3 is 0.854 bits per heavy atom. The van der Waals surface area contributed by atoms with Gasteiger partial charge in [-0.05, 0) is 104 Å². The highest BCUT2D eigenvalue weighted by Crippen LogP contribution is 2.10. The lowest BCUT2D eigenvalue weighted by Crippen LogP contribution is -2.30. The Kier molecular flexibility index (Phi) is 36.2. The van der Waals surface area contributed by atoms with E-state index in [1.807, 2.05) is 0 Å². The third-order valence-electron chi connectivity index (χ3n) is 8.61. The second-order valence-corrected chi connectivity index (χ2v) is 17.4. The fourth-order valence-electron chi connectivity index (χ4n) is 5.56. The Morgan fingerprint density at radius 1 is 0.292 bits per heavy atom. The Morgan fingerprint density at radius 2 is 0.542 bits per heavy atom. The zero-order valence-corrected chi connectivity index (χ0v) is 33.1. The van der Waals surface area contributed by atoms with Gasteiger partial charge in [0.15, 0.2) is 0 Å². The summed E-state index contributed by atoms with van der Waals surface area (Å²) in [5.74, 6) is 0.510. The summed E-state index contributed by atoms with van der Waals surface area (Å²) in [7, 11) is -6.26. The number of hydrogen-bond donors (Lipinski definition) is 6. The molecule has 0 fully saturated rings. The Hall–Kier alpha value is -0.340. The maximum absolute atomic E-state index is 12.1. The van der Waals surface area contributed by atoms with Gasteiger partial charge in [0.1, 0.15) is 0 Å². The van der Waals surface area contributed by atoms with Crippen molar-refractivity contribution in [3.63, 3.8) is 0 Å². The molecule has 0 radical (unpaired) electrons. The quantitative estimate of drug-likeness (QED) is 0.0435. The molecule has 12 heteroatoms. The molecule has 290 valence electrons. The molecule has 0 spiro atoms. The monoisotopic (exact) mass is 725 g/mol. The minimum Gasteiger partial charge on any atom is -0.317 e. The normalized spacial score (nSPS) is 12.3. The number of hydrogen-bond acceptors (Lipinski definition) is 8. The van der Waals surface area contributed by atoms with Crippen molar-refractivity contribution in [2.75, 3.05) is 77.0 Å². The zero-order chi connectivity index (χ0) is 35.3. The smallest absolute Gasteiger partial charge is 0.211 e. The first-order chi connectivity index (χ1) is 23.3. The molecular weight excluding hydrogens is 645 g/mol. The number of unbranched alkanes of at least 4 members (excludes halogenated alkanes) is 15. The second kappa shape index (κ2) is 36.5. The van der Waals surface area contributed by atoms with Crippen molar-refractivity contribution in [3.8, 4) is 0 Å². The van der Waals surface area contributed by atoms with Gasteiger partial charge in [0.2, 0.25) is 20.0 Å². The lowest BCUT2D eigenvalue weighted by Gasteiger charge is -2.09. The predicted molar refractivity (Wildman–Crippen MR) is 208 cm³/mol. The van der Waals surface area contributed by atoms with Gasteiger partial charge in [0.05, 0.1) is 11.5 Å². The molecule has 0 atom stereocenters. The van der Waals surface area contributed by atoms with Crippen molar-refractivity contribution < 1.29 is 16.8 Å². The summed E-state index contributed by atoms with van der Waals surface area (Å²) in [6.45, 7) is 13.1. The summed E-state index contributed by atoms with van der Waals surface area (Å²) in [4.78, 5) is 0. The van der Waals surface area contributed by atoms with Crippen LogP contribution in [0.4, 0.5) is 0 Å². The molecule has 0 bridgehead atoms. The van der Waals surface area contributed by atoms with Crippen LogP contribution in [0, 0.1) is 0 Å². The molecule has 0 aliphatic heterocycles. The SMILES string of the molecule is CCCCCCCCCCS(=O)(=O)NCCCNCCCNCCCCNCCCNCCCNS(=O)(=O)CCCCCCCCCC. The molecule has 0 aromatic heterocycles. The molecule has 0 heterocycles. The Balaban J connectivity index is 3.31. The van der Waals surface area contributed by atoms with Gasteiger partial charge in [-0.2, -0.15) is 0 Å². The van der Waals surface area contributed by atoms with Crippen molar-refractivity contribution >= 4 is 20.0 Å². The average molecular weight is 725 g/mol. The van der Waals surface area contributed by atoms with Gasteiger partial charge in [-0.3, -0.25) is 0 Å². The third-order valence-corrected chi connectivity index (χ3v) is 11.5. The maximum atomic E-state index is 12.1. The average Bonchev–Trinajstić information content (AvgIpc) is 3.05. The van der Waals surface area contributed by atoms with Crippen LogP contribution in [0.1, 0.15) is 155 Å². The van der Waals surface area contributed by atoms with Gasteiger partial charge in [0.25, 0.3) is 0 Å². The second-order valence-electron chi connectivity index (χ2n) is 13.5. The van der Waals surface area contributed by atoms with E-state index in [-0.39, 0.29) is 11.5 Å². The van der Waals surface area contributed by atoms with Crippen LogP contribution in [0.2, 0.25) is 0 Å². The number of nitrogens with one attached hydrogen (secondary N) is 6. The van der Waals surface area contributed by atoms with Gasteiger partial charge < -0.3 is 21.3 Å². The maximum Gasteiger partial charge on any atom is 0.211 e. The van der Waals surface area contributed by atoms with Gasteiger partial charge in [-0.25, -0.2) is 26.3 Å². The highest BCUT2D eigenvalue weighted by atomic mass is 32.2. The van der Waals surface area contributed by atoms with Crippen LogP contribution < -0.4 is 30.7 Å². The minimum atomic E-state index is -3.13. The third kappa shape index (κ3) is 38.5. The molecule has 0 saturated heterocycles. The highest BCUT2D eigenvalue weighted by molar-refractivity contribution is 7.89. The largest absolute Gasteiger partial charge is 0.317 e. The Labute approximate surface area is 298 Å². The molecule has 0 rings (SSSR count). The lowest BCUT2D eigenvalue weighted by atomic mass is 10.1. The first-order valence-electron chi connectivity index (χ1n) is 20.1. The van der Waals surface area contributed by atoms with Crippen molar-refractivity contribution in [2.45, 2.75) is 155 Å². The topological polar surface area (TPSA) is 140 Å². The van der Waals surface area contributed by atoms with Gasteiger partial charge >= 0.3 is 0 Å². The van der Waals surface area contributed by atoms with Gasteiger partial charge in [-0.15, -0.1) is 0 Å². The summed E-state index contributed by atoms with van der Waals surface area (Å²) in [5, 5.41) is 13.8. The molecule has 0 aromatic carbocycles. The summed E-state index contributed by atoms with van der Waals surface area (Å²) < 4.78 is 54.0. The van der Waals surface area contributed by atoms with E-state index in [2.05, 4.69) is 44.6 Å². The summed E-state index contributed by atoms with van der Waals surface area (Å²) in [6, 6.07) is 0. The van der Waals surface area contributed by atoms with E-state index < -0.39 is 20.0 Å². The molecule has 0 amide bonds. The van der Waals surface area contributed by atoms with E-state index in [9.17, 15) is 16.8 Å². The number of rotatable bonds is 41. The van der Waals surface area contributed by atoms with E-state index in [0.717, 1.165) is 129 Å². The molecule has 0 saturated carbocycles. The molecule has 0 unspecified atom stereocenters. The molecule has 48 heavy (non-hydrogen) atoms. The molecule has 6 N–H and O–H groups in total. The van der Waals surface area contributed by atoms with Crippen LogP contribution in [0.3, 0.4) is 0 Å². The van der Waals surface area contributed by atoms with E-state index >= 15 is 0 Å². The zero-order valence-electron chi connectivity index (χ0n) is 31.5. The summed E-state index contributed by atoms with van der Waals surface area (Å²) in [6.07, 6.45) is 24.7. The Bertz CT molecular complexity index is 793. The minimum absolute atomic E-state index is 0.255. The number of sulfonamides is 2. The first kappa shape index (κ1) is 47.7. The van der Waals surface area contributed by atoms with Crippen molar-refractivity contribution in [3.05, 3.63) is 0 Å². The molecule has 10 nitrogen and oxygen atoms in total. The molecule has 0 aliphatic rings. The first-order valence-corrected chi connectivity index (χ1v) is 23.4. The van der Waals surface area contributed by atoms with Crippen LogP contribution in [0.15, 0.2) is 0 Å². The lowest BCUT2D eigenvalue weighted by molar-refractivity contribution is 0.539. The van der Waals surface area contributed by atoms with Crippen LogP contribution in [0.25, 0.3) is 0 Å². The predicted octanol–water partition coefficient (Wildman–Crippen LogP) is 5.81. The van der Waals surface area contributed by atoms with Crippen LogP contribution in [0.5, 0.6) is 0 Å². The van der Waals surface area contributed by atoms with Crippen molar-refractivity contribution in [1.29, 1.82) is 0 Å². The molecule has 0 aromatic rings. The van der Waals surface area contributed by atoms with E-state index in [1.165, 1.54) is 64.2 Å².